The highest BCUT2D eigenvalue weighted by Gasteiger charge is 2.65. The predicted octanol–water partition coefficient (Wildman–Crippen LogP) is 4.40. The summed E-state index contributed by atoms with van der Waals surface area (Å²) >= 11 is 0. The molecule has 0 aliphatic carbocycles. The van der Waals surface area contributed by atoms with Crippen molar-refractivity contribution in [1.82, 2.24) is 0 Å². The van der Waals surface area contributed by atoms with Gasteiger partial charge in [-0.3, -0.25) is 0 Å². The van der Waals surface area contributed by atoms with Crippen molar-refractivity contribution in [3.05, 3.63) is 29.8 Å². The van der Waals surface area contributed by atoms with Crippen molar-refractivity contribution in [2.24, 2.45) is 0 Å². The number of hydrogen-bond acceptors (Lipinski definition) is 1. The molecule has 0 aliphatic rings. The summed E-state index contributed by atoms with van der Waals surface area (Å²) in [5.41, 5.74) is 0.153. The monoisotopic (exact) mass is 248 g/mol. The summed E-state index contributed by atoms with van der Waals surface area (Å²) in [4.78, 5) is -1.94. The average Bonchev–Trinajstić information content (AvgIpc) is 2.00. The summed E-state index contributed by atoms with van der Waals surface area (Å²) in [7, 11) is -9.57. The number of hydrogen-bond donors (Lipinski definition) is 1. The molecule has 1 rings (SSSR count). The molecule has 0 saturated carbocycles. The van der Waals surface area contributed by atoms with Gasteiger partial charge in [0, 0.05) is 0 Å². The number of benzene rings is 1. The van der Waals surface area contributed by atoms with Gasteiger partial charge in [-0.2, -0.15) is 0 Å². The van der Waals surface area contributed by atoms with Gasteiger partial charge in [0.15, 0.2) is 0 Å². The summed E-state index contributed by atoms with van der Waals surface area (Å²) in [6, 6.07) is 2.23. The van der Waals surface area contributed by atoms with E-state index in [1.807, 2.05) is 0 Å². The van der Waals surface area contributed by atoms with Crippen molar-refractivity contribution < 1.29 is 24.5 Å². The Hall–Kier alpha value is -0.820. The third kappa shape index (κ3) is 3.07. The summed E-state index contributed by atoms with van der Waals surface area (Å²) < 4.78 is 61.1. The van der Waals surface area contributed by atoms with Crippen molar-refractivity contribution in [1.29, 1.82) is 0 Å². The molecule has 1 aromatic carbocycles. The Labute approximate surface area is 83.3 Å². The molecule has 0 heterocycles. The molecule has 0 unspecified atom stereocenters. The van der Waals surface area contributed by atoms with E-state index in [2.05, 4.69) is 0 Å². The third-order valence-corrected chi connectivity index (χ3v) is 2.97. The number of halogens is 5. The van der Waals surface area contributed by atoms with Crippen LogP contribution in [0.1, 0.15) is 18.6 Å². The zero-order valence-electron chi connectivity index (χ0n) is 7.63. The second-order valence-electron chi connectivity index (χ2n) is 3.21. The molecule has 88 valence electrons. The van der Waals surface area contributed by atoms with Gasteiger partial charge in [-0.05, 0) is 24.6 Å². The first kappa shape index (κ1) is 12.3. The second-order valence-corrected chi connectivity index (χ2v) is 5.62. The fourth-order valence-electron chi connectivity index (χ4n) is 1.00. The van der Waals surface area contributed by atoms with E-state index in [-0.39, 0.29) is 17.7 Å². The minimum absolute atomic E-state index is 0.153. The van der Waals surface area contributed by atoms with Crippen LogP contribution in [0.15, 0.2) is 29.2 Å². The normalized spacial score (nSPS) is 19.1. The van der Waals surface area contributed by atoms with Gasteiger partial charge in [0.1, 0.15) is 4.90 Å². The number of rotatable bonds is 2. The fraction of sp³-hybridized carbons (Fsp3) is 0.250. The van der Waals surface area contributed by atoms with Gasteiger partial charge in [0.05, 0.1) is 6.10 Å². The van der Waals surface area contributed by atoms with E-state index in [1.54, 1.807) is 0 Å². The third-order valence-electron chi connectivity index (χ3n) is 1.81. The minimum atomic E-state index is -9.57. The zero-order chi connectivity index (χ0) is 12.0. The van der Waals surface area contributed by atoms with Gasteiger partial charge < -0.3 is 5.11 Å². The molecule has 0 amide bonds. The van der Waals surface area contributed by atoms with Crippen molar-refractivity contribution in [3.8, 4) is 0 Å². The SMILES string of the molecule is C[C@@H](O)c1ccc(S(F)(F)(F)(F)F)cc1. The fourth-order valence-corrected chi connectivity index (χ4v) is 1.65. The Morgan fingerprint density at radius 1 is 1.00 bits per heavy atom. The number of aliphatic hydroxyl groups is 1. The highest BCUT2D eigenvalue weighted by molar-refractivity contribution is 8.45. The van der Waals surface area contributed by atoms with Crippen LogP contribution in [0.25, 0.3) is 0 Å². The van der Waals surface area contributed by atoms with E-state index in [9.17, 15) is 19.4 Å². The molecule has 0 spiro atoms. The van der Waals surface area contributed by atoms with Crippen molar-refractivity contribution in [3.63, 3.8) is 0 Å². The lowest BCUT2D eigenvalue weighted by atomic mass is 10.1. The predicted molar refractivity (Wildman–Crippen MR) is 48.5 cm³/mol. The van der Waals surface area contributed by atoms with E-state index in [0.29, 0.717) is 0 Å². The van der Waals surface area contributed by atoms with E-state index in [0.717, 1.165) is 12.1 Å². The van der Waals surface area contributed by atoms with Crippen molar-refractivity contribution >= 4 is 10.2 Å². The maximum absolute atomic E-state index is 12.2. The Kier molecular flexibility index (Phi) is 2.16. The first-order chi connectivity index (χ1) is 6.40. The molecule has 7 heteroatoms. The van der Waals surface area contributed by atoms with Crippen LogP contribution in [0, 0.1) is 0 Å². The summed E-state index contributed by atoms with van der Waals surface area (Å²) in [5, 5.41) is 8.99. The van der Waals surface area contributed by atoms with Gasteiger partial charge in [-0.15, -0.1) is 0 Å². The standard InChI is InChI=1S/C8H9F5OS/c1-6(14)7-2-4-8(5-3-7)15(9,10,11,12)13/h2-6,14H,1H3/t6-/m1/s1. The van der Waals surface area contributed by atoms with E-state index in [1.165, 1.54) is 6.92 Å². The molecule has 0 aromatic heterocycles. The van der Waals surface area contributed by atoms with Gasteiger partial charge in [0.2, 0.25) is 0 Å². The van der Waals surface area contributed by atoms with Crippen LogP contribution in [0.5, 0.6) is 0 Å². The molecule has 15 heavy (non-hydrogen) atoms. The lowest BCUT2D eigenvalue weighted by molar-refractivity contribution is 0.199. The molecule has 1 atom stereocenters. The zero-order valence-corrected chi connectivity index (χ0v) is 8.45. The van der Waals surface area contributed by atoms with Crippen LogP contribution >= 0.6 is 10.2 Å². The summed E-state index contributed by atoms with van der Waals surface area (Å²) in [5.74, 6) is 0. The molecule has 1 N–H and O–H groups in total. The molecule has 1 aromatic rings. The molecule has 0 aliphatic heterocycles. The van der Waals surface area contributed by atoms with Crippen molar-refractivity contribution in [2.75, 3.05) is 0 Å². The topological polar surface area (TPSA) is 20.2 Å². The minimum Gasteiger partial charge on any atom is -0.389 e. The first-order valence-corrected chi connectivity index (χ1v) is 5.87. The second kappa shape index (κ2) is 2.65. The lowest BCUT2D eigenvalue weighted by Crippen LogP contribution is -2.06. The average molecular weight is 248 g/mol. The van der Waals surface area contributed by atoms with Crippen molar-refractivity contribution in [2.45, 2.75) is 17.9 Å². The van der Waals surface area contributed by atoms with Gasteiger partial charge in [-0.25, -0.2) is 0 Å². The Balaban J connectivity index is 3.23. The lowest BCUT2D eigenvalue weighted by Gasteiger charge is -2.40. The van der Waals surface area contributed by atoms with Crippen LogP contribution in [0.4, 0.5) is 19.4 Å². The van der Waals surface area contributed by atoms with E-state index >= 15 is 0 Å². The Morgan fingerprint density at radius 2 is 1.40 bits per heavy atom. The smallest absolute Gasteiger partial charge is 0.310 e. The molecule has 1 nitrogen and oxygen atoms in total. The molecule has 0 radical (unpaired) electrons. The molecule has 0 fully saturated rings. The first-order valence-electron chi connectivity index (χ1n) is 3.92. The van der Waals surface area contributed by atoms with Gasteiger partial charge in [-0.1, -0.05) is 31.6 Å². The van der Waals surface area contributed by atoms with Crippen LogP contribution in [0.3, 0.4) is 0 Å². The molecular formula is C8H9F5OS. The largest absolute Gasteiger partial charge is 0.389 e. The Bertz CT molecular complexity index is 365. The van der Waals surface area contributed by atoms with Crippen LogP contribution < -0.4 is 0 Å². The van der Waals surface area contributed by atoms with Gasteiger partial charge in [0.25, 0.3) is 0 Å². The Morgan fingerprint density at radius 3 is 1.67 bits per heavy atom. The van der Waals surface area contributed by atoms with E-state index in [4.69, 9.17) is 5.11 Å². The molecule has 0 saturated heterocycles. The molecule has 0 bridgehead atoms. The summed E-state index contributed by atoms with van der Waals surface area (Å²) in [6.45, 7) is 1.33. The number of aliphatic hydroxyl groups excluding tert-OH is 1. The maximum atomic E-state index is 12.2. The molecular weight excluding hydrogens is 239 g/mol. The van der Waals surface area contributed by atoms with Crippen LogP contribution in [-0.4, -0.2) is 5.11 Å². The summed E-state index contributed by atoms with van der Waals surface area (Å²) in [6.07, 6.45) is -0.988. The highest BCUT2D eigenvalue weighted by atomic mass is 32.5. The van der Waals surface area contributed by atoms with Crippen LogP contribution in [0.2, 0.25) is 0 Å². The van der Waals surface area contributed by atoms with E-state index < -0.39 is 21.2 Å². The van der Waals surface area contributed by atoms with Gasteiger partial charge >= 0.3 is 10.2 Å². The van der Waals surface area contributed by atoms with Crippen LogP contribution in [-0.2, 0) is 0 Å². The maximum Gasteiger partial charge on any atom is 0.310 e. The quantitative estimate of drug-likeness (QED) is 0.769. The highest BCUT2D eigenvalue weighted by Crippen LogP contribution is 3.02.